The molecular weight excluding hydrogens is 282 g/mol. The standard InChI is InChI=1S/C16H25N3O3/c1-16(21,14-3-2-8-22-14)11-18-15(20)17-9-12-6-7-19(10-12)13-4-5-13/h2-3,8,12-13,21H,4-7,9-11H2,1H3,(H2,17,18,20)/t12-,16-/m1/s1. The summed E-state index contributed by atoms with van der Waals surface area (Å²) in [5.74, 6) is 0.987. The Labute approximate surface area is 130 Å². The topological polar surface area (TPSA) is 77.7 Å². The van der Waals surface area contributed by atoms with E-state index in [0.29, 0.717) is 18.2 Å². The fraction of sp³-hybridized carbons (Fsp3) is 0.688. The third-order valence-corrected chi connectivity index (χ3v) is 4.58. The number of urea groups is 1. The van der Waals surface area contributed by atoms with Crippen molar-refractivity contribution in [3.63, 3.8) is 0 Å². The van der Waals surface area contributed by atoms with E-state index < -0.39 is 5.60 Å². The molecule has 2 aliphatic rings. The zero-order chi connectivity index (χ0) is 15.6. The largest absolute Gasteiger partial charge is 0.466 e. The van der Waals surface area contributed by atoms with E-state index in [2.05, 4.69) is 15.5 Å². The number of furan rings is 1. The average molecular weight is 307 g/mol. The first-order valence-electron chi connectivity index (χ1n) is 8.07. The van der Waals surface area contributed by atoms with E-state index in [1.165, 1.54) is 19.1 Å². The fourth-order valence-corrected chi connectivity index (χ4v) is 3.02. The van der Waals surface area contributed by atoms with Gasteiger partial charge in [-0.15, -0.1) is 0 Å². The molecule has 2 heterocycles. The van der Waals surface area contributed by atoms with Crippen molar-refractivity contribution < 1.29 is 14.3 Å². The highest BCUT2D eigenvalue weighted by Gasteiger charge is 2.34. The van der Waals surface area contributed by atoms with Gasteiger partial charge in [0, 0.05) is 19.1 Å². The maximum Gasteiger partial charge on any atom is 0.314 e. The molecule has 1 aromatic rings. The molecule has 0 bridgehead atoms. The molecule has 1 saturated carbocycles. The van der Waals surface area contributed by atoms with Crippen molar-refractivity contribution >= 4 is 6.03 Å². The predicted octanol–water partition coefficient (Wildman–Crippen LogP) is 1.27. The van der Waals surface area contributed by atoms with Crippen LogP contribution in [0.25, 0.3) is 0 Å². The second kappa shape index (κ2) is 6.30. The Hall–Kier alpha value is -1.53. The van der Waals surface area contributed by atoms with Gasteiger partial charge in [-0.1, -0.05) is 0 Å². The number of hydrogen-bond donors (Lipinski definition) is 3. The van der Waals surface area contributed by atoms with Crippen molar-refractivity contribution in [2.24, 2.45) is 5.92 Å². The molecule has 6 heteroatoms. The van der Waals surface area contributed by atoms with E-state index >= 15 is 0 Å². The van der Waals surface area contributed by atoms with Gasteiger partial charge >= 0.3 is 6.03 Å². The summed E-state index contributed by atoms with van der Waals surface area (Å²) >= 11 is 0. The molecule has 3 rings (SSSR count). The van der Waals surface area contributed by atoms with Crippen LogP contribution in [-0.4, -0.2) is 48.3 Å². The van der Waals surface area contributed by atoms with Crippen LogP contribution in [0.1, 0.15) is 31.9 Å². The maximum atomic E-state index is 11.9. The van der Waals surface area contributed by atoms with Gasteiger partial charge in [-0.3, -0.25) is 0 Å². The molecule has 2 atom stereocenters. The minimum atomic E-state index is -1.20. The van der Waals surface area contributed by atoms with Gasteiger partial charge in [0.2, 0.25) is 0 Å². The van der Waals surface area contributed by atoms with E-state index in [4.69, 9.17) is 4.42 Å². The molecule has 1 saturated heterocycles. The van der Waals surface area contributed by atoms with Crippen LogP contribution in [0.4, 0.5) is 4.79 Å². The third-order valence-electron chi connectivity index (χ3n) is 4.58. The highest BCUT2D eigenvalue weighted by atomic mass is 16.4. The van der Waals surface area contributed by atoms with Crippen LogP contribution in [0.3, 0.4) is 0 Å². The molecule has 0 radical (unpaired) electrons. The summed E-state index contributed by atoms with van der Waals surface area (Å²) in [6, 6.07) is 3.99. The van der Waals surface area contributed by atoms with Crippen LogP contribution < -0.4 is 10.6 Å². The lowest BCUT2D eigenvalue weighted by Crippen LogP contribution is -2.44. The number of carbonyl (C=O) groups is 1. The molecule has 0 aromatic carbocycles. The zero-order valence-electron chi connectivity index (χ0n) is 13.0. The molecule has 1 aromatic heterocycles. The monoisotopic (exact) mass is 307 g/mol. The molecule has 3 N–H and O–H groups in total. The summed E-state index contributed by atoms with van der Waals surface area (Å²) in [4.78, 5) is 14.4. The molecule has 1 aliphatic carbocycles. The van der Waals surface area contributed by atoms with E-state index in [1.54, 1.807) is 19.1 Å². The molecule has 122 valence electrons. The van der Waals surface area contributed by atoms with Crippen LogP contribution in [-0.2, 0) is 5.60 Å². The van der Waals surface area contributed by atoms with Gasteiger partial charge in [0.05, 0.1) is 12.8 Å². The molecule has 2 amide bonds. The van der Waals surface area contributed by atoms with Gasteiger partial charge in [0.25, 0.3) is 0 Å². The first kappa shape index (κ1) is 15.4. The molecule has 22 heavy (non-hydrogen) atoms. The number of aliphatic hydroxyl groups is 1. The summed E-state index contributed by atoms with van der Waals surface area (Å²) < 4.78 is 5.18. The van der Waals surface area contributed by atoms with Gasteiger partial charge in [-0.05, 0) is 50.8 Å². The number of nitrogens with zero attached hydrogens (tertiary/aromatic N) is 1. The zero-order valence-corrected chi connectivity index (χ0v) is 13.0. The lowest BCUT2D eigenvalue weighted by molar-refractivity contribution is 0.0367. The van der Waals surface area contributed by atoms with Gasteiger partial charge in [0.15, 0.2) is 0 Å². The third kappa shape index (κ3) is 3.81. The minimum absolute atomic E-state index is 0.116. The van der Waals surface area contributed by atoms with Crippen molar-refractivity contribution in [2.45, 2.75) is 37.8 Å². The minimum Gasteiger partial charge on any atom is -0.466 e. The molecule has 0 spiro atoms. The SMILES string of the molecule is C[C@@](O)(CNC(=O)NC[C@H]1CCN(C2CC2)C1)c1ccco1. The van der Waals surface area contributed by atoms with Crippen LogP contribution in [0.2, 0.25) is 0 Å². The summed E-state index contributed by atoms with van der Waals surface area (Å²) in [6.07, 6.45) is 5.33. The summed E-state index contributed by atoms with van der Waals surface area (Å²) in [7, 11) is 0. The Morgan fingerprint density at radius 3 is 2.95 bits per heavy atom. The molecular formula is C16H25N3O3. The highest BCUT2D eigenvalue weighted by Crippen LogP contribution is 2.31. The molecule has 6 nitrogen and oxygen atoms in total. The predicted molar refractivity (Wildman–Crippen MR) is 82.4 cm³/mol. The van der Waals surface area contributed by atoms with E-state index in [0.717, 1.165) is 25.6 Å². The molecule has 0 unspecified atom stereocenters. The number of nitrogens with one attached hydrogen (secondary N) is 2. The van der Waals surface area contributed by atoms with E-state index in [1.807, 2.05) is 0 Å². The highest BCUT2D eigenvalue weighted by molar-refractivity contribution is 5.73. The average Bonchev–Trinajstić information content (AvgIpc) is 3.02. The smallest absolute Gasteiger partial charge is 0.314 e. The number of hydrogen-bond acceptors (Lipinski definition) is 4. The van der Waals surface area contributed by atoms with Gasteiger partial charge in [0.1, 0.15) is 11.4 Å². The normalized spacial score (nSPS) is 24.9. The van der Waals surface area contributed by atoms with Crippen LogP contribution in [0.5, 0.6) is 0 Å². The summed E-state index contributed by atoms with van der Waals surface area (Å²) in [6.45, 7) is 4.68. The van der Waals surface area contributed by atoms with Crippen molar-refractivity contribution in [2.75, 3.05) is 26.2 Å². The molecule has 2 fully saturated rings. The van der Waals surface area contributed by atoms with Crippen molar-refractivity contribution in [1.82, 2.24) is 15.5 Å². The second-order valence-corrected chi connectivity index (χ2v) is 6.70. The quantitative estimate of drug-likeness (QED) is 0.739. The fourth-order valence-electron chi connectivity index (χ4n) is 3.02. The lowest BCUT2D eigenvalue weighted by Gasteiger charge is -2.21. The van der Waals surface area contributed by atoms with Crippen molar-refractivity contribution in [3.05, 3.63) is 24.2 Å². The summed E-state index contributed by atoms with van der Waals surface area (Å²) in [5.41, 5.74) is -1.20. The Bertz CT molecular complexity index is 497. The first-order chi connectivity index (χ1) is 10.5. The van der Waals surface area contributed by atoms with Crippen LogP contribution in [0, 0.1) is 5.92 Å². The van der Waals surface area contributed by atoms with Gasteiger partial charge in [-0.2, -0.15) is 0 Å². The Morgan fingerprint density at radius 1 is 1.45 bits per heavy atom. The van der Waals surface area contributed by atoms with Crippen molar-refractivity contribution in [3.8, 4) is 0 Å². The van der Waals surface area contributed by atoms with E-state index in [9.17, 15) is 9.90 Å². The number of rotatable bonds is 6. The number of amides is 2. The molecule has 1 aliphatic heterocycles. The number of carbonyl (C=O) groups excluding carboxylic acids is 1. The van der Waals surface area contributed by atoms with Crippen LogP contribution in [0.15, 0.2) is 22.8 Å². The maximum absolute atomic E-state index is 11.9. The Balaban J connectivity index is 1.36. The second-order valence-electron chi connectivity index (χ2n) is 6.70. The Kier molecular flexibility index (Phi) is 4.40. The Morgan fingerprint density at radius 2 is 2.27 bits per heavy atom. The van der Waals surface area contributed by atoms with Crippen molar-refractivity contribution in [1.29, 1.82) is 0 Å². The van der Waals surface area contributed by atoms with Gasteiger partial charge in [-0.25, -0.2) is 4.79 Å². The summed E-state index contributed by atoms with van der Waals surface area (Å²) in [5, 5.41) is 15.9. The van der Waals surface area contributed by atoms with E-state index in [-0.39, 0.29) is 12.6 Å². The first-order valence-corrected chi connectivity index (χ1v) is 8.07. The lowest BCUT2D eigenvalue weighted by atomic mass is 10.0. The van der Waals surface area contributed by atoms with Crippen LogP contribution >= 0.6 is 0 Å². The number of likely N-dealkylation sites (tertiary alicyclic amines) is 1. The van der Waals surface area contributed by atoms with Gasteiger partial charge < -0.3 is 25.1 Å².